The molecule has 1 aromatic heterocycles. The number of rotatable bonds is 6. The molecule has 0 bridgehead atoms. The second-order valence-corrected chi connectivity index (χ2v) is 6.57. The minimum Gasteiger partial charge on any atom is -0.384 e. The molecule has 0 saturated heterocycles. The van der Waals surface area contributed by atoms with E-state index in [2.05, 4.69) is 48.7 Å². The molecule has 3 rings (SSSR count). The zero-order valence-corrected chi connectivity index (χ0v) is 13.0. The second-order valence-electron chi connectivity index (χ2n) is 6.57. The second kappa shape index (κ2) is 5.92. The normalized spacial score (nSPS) is 14.8. The van der Waals surface area contributed by atoms with Crippen molar-refractivity contribution in [2.45, 2.75) is 52.0 Å². The molecule has 3 heteroatoms. The fourth-order valence-electron chi connectivity index (χ4n) is 2.84. The van der Waals surface area contributed by atoms with E-state index in [9.17, 15) is 0 Å². The Morgan fingerprint density at radius 1 is 1.19 bits per heavy atom. The largest absolute Gasteiger partial charge is 0.384 e. The van der Waals surface area contributed by atoms with E-state index in [1.807, 2.05) is 0 Å². The smallest absolute Gasteiger partial charge is 0.126 e. The molecule has 2 N–H and O–H groups in total. The maximum Gasteiger partial charge on any atom is 0.126 e. The molecule has 0 radical (unpaired) electrons. The molecule has 112 valence electrons. The van der Waals surface area contributed by atoms with E-state index in [0.29, 0.717) is 11.8 Å². The van der Waals surface area contributed by atoms with Gasteiger partial charge in [0.05, 0.1) is 5.69 Å². The molecule has 1 aromatic carbocycles. The SMILES string of the molecule is CC(C)Cn1c(C2CC2)nc(CCc2ccccc2)c1N. The Hall–Kier alpha value is -1.77. The molecule has 0 amide bonds. The number of aryl methyl sites for hydroxylation is 2. The van der Waals surface area contributed by atoms with Crippen LogP contribution in [0.1, 0.15) is 49.7 Å². The zero-order valence-electron chi connectivity index (χ0n) is 13.0. The van der Waals surface area contributed by atoms with Gasteiger partial charge < -0.3 is 10.3 Å². The lowest BCUT2D eigenvalue weighted by Gasteiger charge is -2.11. The summed E-state index contributed by atoms with van der Waals surface area (Å²) in [4.78, 5) is 4.88. The van der Waals surface area contributed by atoms with Crippen molar-refractivity contribution in [3.05, 3.63) is 47.4 Å². The quantitative estimate of drug-likeness (QED) is 0.876. The van der Waals surface area contributed by atoms with Crippen LogP contribution in [0.3, 0.4) is 0 Å². The summed E-state index contributed by atoms with van der Waals surface area (Å²) in [5.74, 6) is 3.36. The van der Waals surface area contributed by atoms with Gasteiger partial charge in [-0.3, -0.25) is 0 Å². The molecule has 2 aromatic rings. The lowest BCUT2D eigenvalue weighted by Crippen LogP contribution is -2.11. The first-order chi connectivity index (χ1) is 10.1. The summed E-state index contributed by atoms with van der Waals surface area (Å²) in [6, 6.07) is 10.6. The average Bonchev–Trinajstić information content (AvgIpc) is 3.26. The topological polar surface area (TPSA) is 43.8 Å². The van der Waals surface area contributed by atoms with Crippen LogP contribution < -0.4 is 5.73 Å². The number of nitrogen functional groups attached to an aromatic ring is 1. The van der Waals surface area contributed by atoms with Gasteiger partial charge in [0.1, 0.15) is 11.6 Å². The lowest BCUT2D eigenvalue weighted by atomic mass is 10.1. The van der Waals surface area contributed by atoms with Gasteiger partial charge in [-0.2, -0.15) is 0 Å². The van der Waals surface area contributed by atoms with E-state index >= 15 is 0 Å². The Balaban J connectivity index is 1.78. The Bertz CT molecular complexity index is 594. The van der Waals surface area contributed by atoms with Crippen molar-refractivity contribution in [3.8, 4) is 0 Å². The summed E-state index contributed by atoms with van der Waals surface area (Å²) < 4.78 is 2.27. The van der Waals surface area contributed by atoms with E-state index in [0.717, 1.165) is 30.9 Å². The Labute approximate surface area is 127 Å². The Morgan fingerprint density at radius 2 is 1.90 bits per heavy atom. The van der Waals surface area contributed by atoms with Gasteiger partial charge in [0.2, 0.25) is 0 Å². The van der Waals surface area contributed by atoms with Gasteiger partial charge >= 0.3 is 0 Å². The summed E-state index contributed by atoms with van der Waals surface area (Å²) in [5.41, 5.74) is 8.82. The number of anilines is 1. The van der Waals surface area contributed by atoms with Crippen LogP contribution in [0.15, 0.2) is 30.3 Å². The first kappa shape index (κ1) is 14.2. The molecule has 0 atom stereocenters. The maximum absolute atomic E-state index is 6.38. The third kappa shape index (κ3) is 3.29. The third-order valence-corrected chi connectivity index (χ3v) is 4.10. The van der Waals surface area contributed by atoms with Crippen LogP contribution in [0, 0.1) is 5.92 Å². The first-order valence-electron chi connectivity index (χ1n) is 8.04. The van der Waals surface area contributed by atoms with Crippen molar-refractivity contribution >= 4 is 5.82 Å². The van der Waals surface area contributed by atoms with Gasteiger partial charge in [-0.15, -0.1) is 0 Å². The van der Waals surface area contributed by atoms with Crippen LogP contribution in [0.5, 0.6) is 0 Å². The van der Waals surface area contributed by atoms with E-state index in [1.54, 1.807) is 0 Å². The van der Waals surface area contributed by atoms with E-state index in [-0.39, 0.29) is 0 Å². The molecule has 1 fully saturated rings. The van der Waals surface area contributed by atoms with Crippen molar-refractivity contribution in [2.24, 2.45) is 5.92 Å². The molecular formula is C18H25N3. The maximum atomic E-state index is 6.38. The van der Waals surface area contributed by atoms with E-state index in [4.69, 9.17) is 10.7 Å². The van der Waals surface area contributed by atoms with Crippen molar-refractivity contribution in [2.75, 3.05) is 5.73 Å². The zero-order chi connectivity index (χ0) is 14.8. The van der Waals surface area contributed by atoms with Gasteiger partial charge in [-0.05, 0) is 37.2 Å². The van der Waals surface area contributed by atoms with Crippen LogP contribution in [0.4, 0.5) is 5.82 Å². The minimum absolute atomic E-state index is 0.598. The minimum atomic E-state index is 0.598. The van der Waals surface area contributed by atoms with Gasteiger partial charge in [0, 0.05) is 12.5 Å². The number of hydrogen-bond acceptors (Lipinski definition) is 2. The van der Waals surface area contributed by atoms with Gasteiger partial charge in [-0.25, -0.2) is 4.98 Å². The monoisotopic (exact) mass is 283 g/mol. The molecule has 1 aliphatic rings. The Kier molecular flexibility index (Phi) is 4.00. The molecule has 1 aliphatic carbocycles. The molecule has 1 heterocycles. The van der Waals surface area contributed by atoms with Crippen LogP contribution >= 0.6 is 0 Å². The molecular weight excluding hydrogens is 258 g/mol. The highest BCUT2D eigenvalue weighted by molar-refractivity contribution is 5.40. The van der Waals surface area contributed by atoms with E-state index < -0.39 is 0 Å². The van der Waals surface area contributed by atoms with Gasteiger partial charge in [-0.1, -0.05) is 44.2 Å². The number of nitrogens with two attached hydrogens (primary N) is 1. The number of aromatic nitrogens is 2. The van der Waals surface area contributed by atoms with Gasteiger partial charge in [0.15, 0.2) is 0 Å². The highest BCUT2D eigenvalue weighted by atomic mass is 15.2. The summed E-state index contributed by atoms with van der Waals surface area (Å²) in [6.45, 7) is 5.45. The molecule has 1 saturated carbocycles. The average molecular weight is 283 g/mol. The fraction of sp³-hybridized carbons (Fsp3) is 0.500. The highest BCUT2D eigenvalue weighted by Gasteiger charge is 2.30. The van der Waals surface area contributed by atoms with Crippen LogP contribution in [0.2, 0.25) is 0 Å². The number of hydrogen-bond donors (Lipinski definition) is 1. The molecule has 3 nitrogen and oxygen atoms in total. The number of benzene rings is 1. The fourth-order valence-corrected chi connectivity index (χ4v) is 2.84. The summed E-state index contributed by atoms with van der Waals surface area (Å²) in [5, 5.41) is 0. The summed E-state index contributed by atoms with van der Waals surface area (Å²) in [7, 11) is 0. The molecule has 0 aliphatic heterocycles. The third-order valence-electron chi connectivity index (χ3n) is 4.10. The van der Waals surface area contributed by atoms with Crippen LogP contribution in [-0.4, -0.2) is 9.55 Å². The number of nitrogens with zero attached hydrogens (tertiary/aromatic N) is 2. The van der Waals surface area contributed by atoms with E-state index in [1.165, 1.54) is 24.2 Å². The molecule has 0 spiro atoms. The lowest BCUT2D eigenvalue weighted by molar-refractivity contribution is 0.512. The van der Waals surface area contributed by atoms with Crippen molar-refractivity contribution < 1.29 is 0 Å². The van der Waals surface area contributed by atoms with Gasteiger partial charge in [0.25, 0.3) is 0 Å². The first-order valence-corrected chi connectivity index (χ1v) is 8.04. The number of imidazole rings is 1. The summed E-state index contributed by atoms with van der Waals surface area (Å²) in [6.07, 6.45) is 4.48. The molecule has 21 heavy (non-hydrogen) atoms. The highest BCUT2D eigenvalue weighted by Crippen LogP contribution is 2.41. The molecule has 0 unspecified atom stereocenters. The predicted octanol–water partition coefficient (Wildman–Crippen LogP) is 3.78. The van der Waals surface area contributed by atoms with Crippen molar-refractivity contribution in [3.63, 3.8) is 0 Å². The predicted molar refractivity (Wildman–Crippen MR) is 87.3 cm³/mol. The Morgan fingerprint density at radius 3 is 2.52 bits per heavy atom. The van der Waals surface area contributed by atoms with Crippen molar-refractivity contribution in [1.82, 2.24) is 9.55 Å². The van der Waals surface area contributed by atoms with Crippen LogP contribution in [-0.2, 0) is 19.4 Å². The summed E-state index contributed by atoms with van der Waals surface area (Å²) >= 11 is 0. The van der Waals surface area contributed by atoms with Crippen LogP contribution in [0.25, 0.3) is 0 Å². The standard InChI is InChI=1S/C18H25N3/c1-13(2)12-21-17(19)16(20-18(21)15-9-10-15)11-8-14-6-4-3-5-7-14/h3-7,13,15H,8-12,19H2,1-2H3. The van der Waals surface area contributed by atoms with Crippen molar-refractivity contribution in [1.29, 1.82) is 0 Å².